The summed E-state index contributed by atoms with van der Waals surface area (Å²) in [6.07, 6.45) is -0.786. The molecule has 0 radical (unpaired) electrons. The quantitative estimate of drug-likeness (QED) is 0.684. The van der Waals surface area contributed by atoms with E-state index in [0.29, 0.717) is 13.1 Å². The van der Waals surface area contributed by atoms with Crippen LogP contribution in [0.15, 0.2) is 30.3 Å². The number of hydrogen-bond donors (Lipinski definition) is 0. The first kappa shape index (κ1) is 12.1. The summed E-state index contributed by atoms with van der Waals surface area (Å²) < 4.78 is 36.6. The standard InChI is InChI=1S/C10H14BF3N/c1-2-15(9-11(12,13)14)8-10-6-4-3-5-7-10/h3-7H,2,8-9H2,1H3/q-1. The molecule has 1 aromatic rings. The van der Waals surface area contributed by atoms with Gasteiger partial charge in [0.15, 0.2) is 0 Å². The summed E-state index contributed by atoms with van der Waals surface area (Å²) in [6, 6.07) is 9.20. The van der Waals surface area contributed by atoms with E-state index in [-0.39, 0.29) is 0 Å². The molecule has 1 rings (SSSR count). The maximum atomic E-state index is 12.2. The summed E-state index contributed by atoms with van der Waals surface area (Å²) in [5.74, 6) is 0. The van der Waals surface area contributed by atoms with Gasteiger partial charge in [-0.15, -0.1) is 0 Å². The van der Waals surface area contributed by atoms with Gasteiger partial charge in [-0.05, 0) is 18.6 Å². The van der Waals surface area contributed by atoms with Gasteiger partial charge in [-0.1, -0.05) is 37.3 Å². The Kier molecular flexibility index (Phi) is 4.21. The van der Waals surface area contributed by atoms with Crippen LogP contribution in [0.4, 0.5) is 12.9 Å². The Bertz CT molecular complexity index is 286. The number of benzene rings is 1. The topological polar surface area (TPSA) is 3.24 Å². The summed E-state index contributed by atoms with van der Waals surface area (Å²) in [5.41, 5.74) is 0.916. The van der Waals surface area contributed by atoms with Crippen LogP contribution in [0.1, 0.15) is 12.5 Å². The normalized spacial score (nSPS) is 12.1. The minimum absolute atomic E-state index is 0.360. The molecule has 0 amide bonds. The Morgan fingerprint density at radius 3 is 2.20 bits per heavy atom. The second-order valence-corrected chi connectivity index (χ2v) is 3.52. The van der Waals surface area contributed by atoms with Crippen molar-refractivity contribution in [3.05, 3.63) is 35.9 Å². The minimum Gasteiger partial charge on any atom is -0.448 e. The smallest absolute Gasteiger partial charge is 0.448 e. The lowest BCUT2D eigenvalue weighted by atomic mass is 9.91. The van der Waals surface area contributed by atoms with Crippen LogP contribution in [-0.2, 0) is 6.54 Å². The van der Waals surface area contributed by atoms with Gasteiger partial charge in [-0.3, -0.25) is 0 Å². The lowest BCUT2D eigenvalue weighted by Crippen LogP contribution is -2.37. The largest absolute Gasteiger partial charge is 0.492 e. The second kappa shape index (κ2) is 5.21. The molecule has 0 spiro atoms. The molecule has 0 aliphatic carbocycles. The number of halogens is 3. The van der Waals surface area contributed by atoms with E-state index in [1.807, 2.05) is 30.3 Å². The molecule has 0 saturated carbocycles. The maximum Gasteiger partial charge on any atom is 0.492 e. The molecule has 5 heteroatoms. The summed E-state index contributed by atoms with van der Waals surface area (Å²) in [4.78, 5) is 1.40. The Morgan fingerprint density at radius 2 is 1.73 bits per heavy atom. The first-order valence-electron chi connectivity index (χ1n) is 4.98. The van der Waals surface area contributed by atoms with Gasteiger partial charge >= 0.3 is 6.98 Å². The fourth-order valence-corrected chi connectivity index (χ4v) is 1.44. The van der Waals surface area contributed by atoms with Gasteiger partial charge in [-0.2, -0.15) is 0 Å². The Balaban J connectivity index is 2.55. The summed E-state index contributed by atoms with van der Waals surface area (Å²) in [7, 11) is 0. The SMILES string of the molecule is CCN(Cc1ccccc1)C[B-](F)(F)F. The molecule has 15 heavy (non-hydrogen) atoms. The zero-order valence-corrected chi connectivity index (χ0v) is 8.67. The fourth-order valence-electron chi connectivity index (χ4n) is 1.44. The van der Waals surface area contributed by atoms with Crippen LogP contribution in [0.3, 0.4) is 0 Å². The van der Waals surface area contributed by atoms with Crippen molar-refractivity contribution >= 4 is 6.98 Å². The second-order valence-electron chi connectivity index (χ2n) is 3.52. The molecule has 84 valence electrons. The van der Waals surface area contributed by atoms with Crippen LogP contribution >= 0.6 is 0 Å². The van der Waals surface area contributed by atoms with Crippen LogP contribution in [0.5, 0.6) is 0 Å². The van der Waals surface area contributed by atoms with E-state index in [4.69, 9.17) is 0 Å². The highest BCUT2D eigenvalue weighted by atomic mass is 19.4. The van der Waals surface area contributed by atoms with E-state index >= 15 is 0 Å². The van der Waals surface area contributed by atoms with Crippen LogP contribution in [-0.4, -0.2) is 24.9 Å². The zero-order valence-electron chi connectivity index (χ0n) is 8.67. The van der Waals surface area contributed by atoms with Gasteiger partial charge in [0.2, 0.25) is 0 Å². The van der Waals surface area contributed by atoms with Crippen molar-refractivity contribution in [3.8, 4) is 0 Å². The van der Waals surface area contributed by atoms with E-state index in [1.54, 1.807) is 6.92 Å². The molecule has 0 N–H and O–H groups in total. The molecule has 0 unspecified atom stereocenters. The van der Waals surface area contributed by atoms with E-state index in [2.05, 4.69) is 0 Å². The number of rotatable bonds is 5. The average Bonchev–Trinajstić information content (AvgIpc) is 2.16. The molecule has 0 aliphatic heterocycles. The molecule has 0 fully saturated rings. The molecule has 0 bridgehead atoms. The van der Waals surface area contributed by atoms with Crippen molar-refractivity contribution in [2.75, 3.05) is 13.0 Å². The summed E-state index contributed by atoms with van der Waals surface area (Å²) >= 11 is 0. The number of nitrogens with zero attached hydrogens (tertiary/aromatic N) is 1. The lowest BCUT2D eigenvalue weighted by Gasteiger charge is -2.26. The van der Waals surface area contributed by atoms with Gasteiger partial charge < -0.3 is 17.8 Å². The third-order valence-electron chi connectivity index (χ3n) is 2.16. The van der Waals surface area contributed by atoms with Crippen molar-refractivity contribution in [2.24, 2.45) is 0 Å². The van der Waals surface area contributed by atoms with Crippen molar-refractivity contribution in [1.29, 1.82) is 0 Å². The highest BCUT2D eigenvalue weighted by Gasteiger charge is 2.25. The summed E-state index contributed by atoms with van der Waals surface area (Å²) in [5, 5.41) is 0. The van der Waals surface area contributed by atoms with Crippen molar-refractivity contribution in [1.82, 2.24) is 4.90 Å². The molecule has 1 nitrogen and oxygen atoms in total. The van der Waals surface area contributed by atoms with Gasteiger partial charge in [-0.25, -0.2) is 0 Å². The Labute approximate surface area is 88.0 Å². The van der Waals surface area contributed by atoms with Crippen LogP contribution in [0, 0.1) is 0 Å². The van der Waals surface area contributed by atoms with Crippen molar-refractivity contribution in [2.45, 2.75) is 13.5 Å². The zero-order chi connectivity index (χ0) is 11.3. The van der Waals surface area contributed by atoms with E-state index in [9.17, 15) is 12.9 Å². The molecular formula is C10H14BF3N-. The highest BCUT2D eigenvalue weighted by molar-refractivity contribution is 6.58. The van der Waals surface area contributed by atoms with Crippen molar-refractivity contribution in [3.63, 3.8) is 0 Å². The average molecular weight is 216 g/mol. The fraction of sp³-hybridized carbons (Fsp3) is 0.400. The predicted molar refractivity (Wildman–Crippen MR) is 56.5 cm³/mol. The van der Waals surface area contributed by atoms with Crippen molar-refractivity contribution < 1.29 is 12.9 Å². The monoisotopic (exact) mass is 216 g/mol. The van der Waals surface area contributed by atoms with Crippen LogP contribution < -0.4 is 0 Å². The molecule has 0 aromatic heterocycles. The molecule has 0 saturated heterocycles. The molecule has 0 heterocycles. The highest BCUT2D eigenvalue weighted by Crippen LogP contribution is 2.12. The van der Waals surface area contributed by atoms with Crippen LogP contribution in [0.2, 0.25) is 0 Å². The van der Waals surface area contributed by atoms with Gasteiger partial charge in [0.05, 0.1) is 0 Å². The van der Waals surface area contributed by atoms with E-state index in [1.165, 1.54) is 4.90 Å². The van der Waals surface area contributed by atoms with Gasteiger partial charge in [0, 0.05) is 6.54 Å². The van der Waals surface area contributed by atoms with E-state index < -0.39 is 13.4 Å². The first-order chi connectivity index (χ1) is 7.01. The predicted octanol–water partition coefficient (Wildman–Crippen LogP) is 2.90. The maximum absolute atomic E-state index is 12.2. The minimum atomic E-state index is -4.73. The molecule has 0 atom stereocenters. The summed E-state index contributed by atoms with van der Waals surface area (Å²) in [6.45, 7) is -2.21. The lowest BCUT2D eigenvalue weighted by molar-refractivity contribution is 0.284. The van der Waals surface area contributed by atoms with Gasteiger partial charge in [0.1, 0.15) is 0 Å². The molecular weight excluding hydrogens is 202 g/mol. The Hall–Kier alpha value is -0.965. The third-order valence-corrected chi connectivity index (χ3v) is 2.16. The molecule has 0 aliphatic rings. The van der Waals surface area contributed by atoms with Gasteiger partial charge in [0.25, 0.3) is 0 Å². The third kappa shape index (κ3) is 4.88. The van der Waals surface area contributed by atoms with E-state index in [0.717, 1.165) is 5.56 Å². The number of hydrogen-bond acceptors (Lipinski definition) is 1. The molecule has 1 aromatic carbocycles. The Morgan fingerprint density at radius 1 is 1.13 bits per heavy atom. The first-order valence-corrected chi connectivity index (χ1v) is 4.98. The van der Waals surface area contributed by atoms with Crippen LogP contribution in [0.25, 0.3) is 0 Å².